The molecular formula is C13H10ClN3O2S. The molecule has 4 N–H and O–H groups in total. The van der Waals surface area contributed by atoms with Crippen molar-refractivity contribution in [2.75, 3.05) is 5.32 Å². The second-order valence-electron chi connectivity index (χ2n) is 3.91. The van der Waals surface area contributed by atoms with Gasteiger partial charge in [-0.3, -0.25) is 9.78 Å². The molecule has 1 amide bonds. The Bertz CT molecular complexity index is 691. The topological polar surface area (TPSA) is 88.2 Å². The largest absolute Gasteiger partial charge is 0.505 e. The smallest absolute Gasteiger partial charge is 0.259 e. The molecule has 2 rings (SSSR count). The lowest BCUT2D eigenvalue weighted by molar-refractivity contribution is 0.102. The van der Waals surface area contributed by atoms with Crippen LogP contribution in [0.5, 0.6) is 5.75 Å². The summed E-state index contributed by atoms with van der Waals surface area (Å²) < 4.78 is 0. The third-order valence-corrected chi connectivity index (χ3v) is 3.09. The SMILES string of the molecule is NC(=S)c1ccc(NC(=O)c2ccncc2O)c(Cl)c1. The number of aromatic nitrogens is 1. The van der Waals surface area contributed by atoms with E-state index in [2.05, 4.69) is 10.3 Å². The van der Waals surface area contributed by atoms with Crippen LogP contribution < -0.4 is 11.1 Å². The van der Waals surface area contributed by atoms with Gasteiger partial charge in [0.25, 0.3) is 5.91 Å². The van der Waals surface area contributed by atoms with Gasteiger partial charge in [0.1, 0.15) is 10.7 Å². The monoisotopic (exact) mass is 307 g/mol. The fourth-order valence-electron chi connectivity index (χ4n) is 1.54. The molecular weight excluding hydrogens is 298 g/mol. The molecule has 0 aliphatic carbocycles. The summed E-state index contributed by atoms with van der Waals surface area (Å²) in [5, 5.41) is 12.4. The van der Waals surface area contributed by atoms with Crippen molar-refractivity contribution in [1.82, 2.24) is 4.98 Å². The highest BCUT2D eigenvalue weighted by molar-refractivity contribution is 7.80. The summed E-state index contributed by atoms with van der Waals surface area (Å²) in [6.07, 6.45) is 2.60. The second-order valence-corrected chi connectivity index (χ2v) is 4.75. The summed E-state index contributed by atoms with van der Waals surface area (Å²) in [5.74, 6) is -0.698. The van der Waals surface area contributed by atoms with Crippen LogP contribution in [-0.2, 0) is 0 Å². The summed E-state index contributed by atoms with van der Waals surface area (Å²) in [5.41, 5.74) is 6.60. The van der Waals surface area contributed by atoms with Gasteiger partial charge in [0.05, 0.1) is 22.5 Å². The third kappa shape index (κ3) is 3.04. The molecule has 0 aliphatic heterocycles. The van der Waals surface area contributed by atoms with Crippen LogP contribution in [0, 0.1) is 0 Å². The molecule has 0 atom stereocenters. The average molecular weight is 308 g/mol. The van der Waals surface area contributed by atoms with E-state index in [9.17, 15) is 9.90 Å². The molecule has 0 aliphatic rings. The second kappa shape index (κ2) is 5.85. The standard InChI is InChI=1S/C13H10ClN3O2S/c14-9-5-7(12(15)20)1-2-10(9)17-13(19)8-3-4-16-6-11(8)18/h1-6,18H,(H2,15,20)(H,17,19). The van der Waals surface area contributed by atoms with E-state index < -0.39 is 5.91 Å². The van der Waals surface area contributed by atoms with Crippen LogP contribution in [0.1, 0.15) is 15.9 Å². The predicted molar refractivity (Wildman–Crippen MR) is 81.2 cm³/mol. The highest BCUT2D eigenvalue weighted by Gasteiger charge is 2.13. The highest BCUT2D eigenvalue weighted by atomic mass is 35.5. The van der Waals surface area contributed by atoms with Crippen LogP contribution in [0.25, 0.3) is 0 Å². The van der Waals surface area contributed by atoms with Gasteiger partial charge in [-0.25, -0.2) is 0 Å². The zero-order valence-corrected chi connectivity index (χ0v) is 11.7. The number of thiocarbonyl (C=S) groups is 1. The molecule has 0 unspecified atom stereocenters. The minimum atomic E-state index is -0.491. The van der Waals surface area contributed by atoms with E-state index in [0.29, 0.717) is 16.3 Å². The van der Waals surface area contributed by atoms with E-state index >= 15 is 0 Å². The summed E-state index contributed by atoms with van der Waals surface area (Å²) in [6.45, 7) is 0. The average Bonchev–Trinajstić information content (AvgIpc) is 2.41. The molecule has 2 aromatic rings. The number of halogens is 1. The Morgan fingerprint density at radius 2 is 2.15 bits per heavy atom. The van der Waals surface area contributed by atoms with Crippen molar-refractivity contribution in [2.45, 2.75) is 0 Å². The molecule has 0 radical (unpaired) electrons. The van der Waals surface area contributed by atoms with E-state index in [1.165, 1.54) is 18.5 Å². The number of nitrogens with zero attached hydrogens (tertiary/aromatic N) is 1. The molecule has 0 spiro atoms. The van der Waals surface area contributed by atoms with Gasteiger partial charge < -0.3 is 16.2 Å². The Morgan fingerprint density at radius 3 is 2.75 bits per heavy atom. The number of pyridine rings is 1. The number of rotatable bonds is 3. The van der Waals surface area contributed by atoms with Crippen molar-refractivity contribution < 1.29 is 9.90 Å². The van der Waals surface area contributed by atoms with Crippen molar-refractivity contribution >= 4 is 40.4 Å². The lowest BCUT2D eigenvalue weighted by Crippen LogP contribution is -2.13. The Labute approximate surface area is 125 Å². The lowest BCUT2D eigenvalue weighted by atomic mass is 10.2. The predicted octanol–water partition coefficient (Wildman–Crippen LogP) is 2.33. The molecule has 20 heavy (non-hydrogen) atoms. The van der Waals surface area contributed by atoms with Crippen molar-refractivity contribution in [1.29, 1.82) is 0 Å². The normalized spacial score (nSPS) is 10.1. The van der Waals surface area contributed by atoms with E-state index in [-0.39, 0.29) is 16.3 Å². The van der Waals surface area contributed by atoms with Crippen molar-refractivity contribution in [3.05, 3.63) is 52.8 Å². The molecule has 0 saturated carbocycles. The van der Waals surface area contributed by atoms with Crippen LogP contribution in [0.4, 0.5) is 5.69 Å². The number of nitrogens with two attached hydrogens (primary N) is 1. The third-order valence-electron chi connectivity index (χ3n) is 2.55. The van der Waals surface area contributed by atoms with Gasteiger partial charge in [-0.2, -0.15) is 0 Å². The van der Waals surface area contributed by atoms with Gasteiger partial charge in [0.15, 0.2) is 0 Å². The Kier molecular flexibility index (Phi) is 4.16. The fraction of sp³-hybridized carbons (Fsp3) is 0. The Balaban J connectivity index is 2.25. The number of benzene rings is 1. The number of hydrogen-bond acceptors (Lipinski definition) is 4. The molecule has 1 aromatic carbocycles. The lowest BCUT2D eigenvalue weighted by Gasteiger charge is -2.09. The number of anilines is 1. The van der Waals surface area contributed by atoms with Crippen molar-refractivity contribution in [2.24, 2.45) is 5.73 Å². The number of carbonyl (C=O) groups is 1. The quantitative estimate of drug-likeness (QED) is 0.757. The minimum absolute atomic E-state index is 0.106. The summed E-state index contributed by atoms with van der Waals surface area (Å²) in [6, 6.07) is 6.21. The maximum Gasteiger partial charge on any atom is 0.259 e. The first-order valence-electron chi connectivity index (χ1n) is 5.52. The highest BCUT2D eigenvalue weighted by Crippen LogP contribution is 2.24. The number of hydrogen-bond donors (Lipinski definition) is 3. The van der Waals surface area contributed by atoms with Gasteiger partial charge in [0.2, 0.25) is 0 Å². The first-order valence-corrected chi connectivity index (χ1v) is 6.31. The molecule has 102 valence electrons. The molecule has 0 fully saturated rings. The summed E-state index contributed by atoms with van der Waals surface area (Å²) >= 11 is 10.9. The zero-order chi connectivity index (χ0) is 14.7. The van der Waals surface area contributed by atoms with Gasteiger partial charge in [-0.05, 0) is 24.3 Å². The van der Waals surface area contributed by atoms with Crippen molar-refractivity contribution in [3.8, 4) is 5.75 Å². The Morgan fingerprint density at radius 1 is 1.40 bits per heavy atom. The first kappa shape index (κ1) is 14.2. The van der Waals surface area contributed by atoms with Crippen LogP contribution in [0.15, 0.2) is 36.7 Å². The van der Waals surface area contributed by atoms with Gasteiger partial charge in [-0.15, -0.1) is 0 Å². The molecule has 1 heterocycles. The molecule has 5 nitrogen and oxygen atoms in total. The summed E-state index contributed by atoms with van der Waals surface area (Å²) in [7, 11) is 0. The van der Waals surface area contributed by atoms with Crippen LogP contribution >= 0.6 is 23.8 Å². The minimum Gasteiger partial charge on any atom is -0.505 e. The molecule has 0 bridgehead atoms. The van der Waals surface area contributed by atoms with Crippen LogP contribution in [-0.4, -0.2) is 21.0 Å². The number of nitrogens with one attached hydrogen (secondary N) is 1. The molecule has 1 aromatic heterocycles. The summed E-state index contributed by atoms with van der Waals surface area (Å²) in [4.78, 5) is 15.9. The number of amides is 1. The van der Waals surface area contributed by atoms with Gasteiger partial charge in [0, 0.05) is 11.8 Å². The van der Waals surface area contributed by atoms with E-state index in [0.717, 1.165) is 0 Å². The van der Waals surface area contributed by atoms with E-state index in [1.807, 2.05) is 0 Å². The van der Waals surface area contributed by atoms with E-state index in [1.54, 1.807) is 18.2 Å². The maximum atomic E-state index is 12.0. The zero-order valence-electron chi connectivity index (χ0n) is 10.1. The number of aromatic hydroxyl groups is 1. The van der Waals surface area contributed by atoms with Gasteiger partial charge in [-0.1, -0.05) is 23.8 Å². The Hall–Kier alpha value is -2.18. The first-order chi connectivity index (χ1) is 9.49. The number of carbonyl (C=O) groups excluding carboxylic acids is 1. The van der Waals surface area contributed by atoms with Crippen LogP contribution in [0.2, 0.25) is 5.02 Å². The molecule has 0 saturated heterocycles. The maximum absolute atomic E-state index is 12.0. The fourth-order valence-corrected chi connectivity index (χ4v) is 1.89. The van der Waals surface area contributed by atoms with Crippen LogP contribution in [0.3, 0.4) is 0 Å². The molecule has 7 heteroatoms. The van der Waals surface area contributed by atoms with Crippen molar-refractivity contribution in [3.63, 3.8) is 0 Å². The van der Waals surface area contributed by atoms with E-state index in [4.69, 9.17) is 29.6 Å². The van der Waals surface area contributed by atoms with Gasteiger partial charge >= 0.3 is 0 Å².